The van der Waals surface area contributed by atoms with E-state index in [4.69, 9.17) is 14.2 Å². The van der Waals surface area contributed by atoms with Crippen molar-refractivity contribution < 1.29 is 28.7 Å². The number of methoxy groups -OCH3 is 1. The number of nitrogens with one attached hydrogen (secondary N) is 1. The van der Waals surface area contributed by atoms with Crippen molar-refractivity contribution in [3.05, 3.63) is 50.8 Å². The summed E-state index contributed by atoms with van der Waals surface area (Å²) < 4.78 is 15.5. The summed E-state index contributed by atoms with van der Waals surface area (Å²) in [5.41, 5.74) is 1.32. The van der Waals surface area contributed by atoms with Gasteiger partial charge in [-0.2, -0.15) is 0 Å². The summed E-state index contributed by atoms with van der Waals surface area (Å²) in [6.07, 6.45) is 0. The molecule has 1 aromatic carbocycles. The third-order valence-electron chi connectivity index (χ3n) is 3.91. The van der Waals surface area contributed by atoms with Gasteiger partial charge in [-0.15, -0.1) is 0 Å². The summed E-state index contributed by atoms with van der Waals surface area (Å²) in [4.78, 5) is 37.7. The van der Waals surface area contributed by atoms with E-state index in [1.54, 1.807) is 20.8 Å². The van der Waals surface area contributed by atoms with E-state index in [1.165, 1.54) is 25.3 Å². The summed E-state index contributed by atoms with van der Waals surface area (Å²) >= 11 is 0. The highest BCUT2D eigenvalue weighted by atomic mass is 16.6. The Hall–Kier alpha value is -3.36. The molecule has 0 bridgehead atoms. The largest absolute Gasteiger partial charge is 0.493 e. The predicted molar refractivity (Wildman–Crippen MR) is 95.7 cm³/mol. The Labute approximate surface area is 155 Å². The summed E-state index contributed by atoms with van der Waals surface area (Å²) in [6, 6.07) is 3.86. The van der Waals surface area contributed by atoms with Gasteiger partial charge in [-0.05, 0) is 32.4 Å². The SMILES string of the molecule is CCOC(=O)c1[nH]c(C)c(C(=O)COc2cc([N+](=O)[O-])ccc2OC)c1C. The van der Waals surface area contributed by atoms with Crippen LogP contribution in [0.3, 0.4) is 0 Å². The first kappa shape index (κ1) is 20.0. The van der Waals surface area contributed by atoms with Crippen molar-refractivity contribution in [2.45, 2.75) is 20.8 Å². The molecule has 0 saturated heterocycles. The van der Waals surface area contributed by atoms with Crippen LogP contribution in [0.15, 0.2) is 18.2 Å². The van der Waals surface area contributed by atoms with Crippen LogP contribution in [-0.2, 0) is 4.74 Å². The molecule has 9 heteroatoms. The number of carbonyl (C=O) groups excluding carboxylic acids is 2. The number of ether oxygens (including phenoxy) is 3. The molecule has 27 heavy (non-hydrogen) atoms. The molecule has 1 N–H and O–H groups in total. The number of H-pyrrole nitrogens is 1. The Morgan fingerprint density at radius 3 is 2.52 bits per heavy atom. The lowest BCUT2D eigenvalue weighted by atomic mass is 10.1. The van der Waals surface area contributed by atoms with Crippen LogP contribution in [0.5, 0.6) is 11.5 Å². The van der Waals surface area contributed by atoms with E-state index in [2.05, 4.69) is 4.98 Å². The molecule has 0 aliphatic carbocycles. The highest BCUT2D eigenvalue weighted by molar-refractivity contribution is 6.03. The Morgan fingerprint density at radius 1 is 1.22 bits per heavy atom. The number of hydrogen-bond acceptors (Lipinski definition) is 7. The first-order valence-electron chi connectivity index (χ1n) is 8.14. The van der Waals surface area contributed by atoms with Crippen LogP contribution in [0.25, 0.3) is 0 Å². The van der Waals surface area contributed by atoms with Gasteiger partial charge in [0.2, 0.25) is 5.78 Å². The fourth-order valence-corrected chi connectivity index (χ4v) is 2.68. The molecular weight excluding hydrogens is 356 g/mol. The monoisotopic (exact) mass is 376 g/mol. The molecule has 2 aromatic rings. The number of aromatic amines is 1. The molecule has 0 radical (unpaired) electrons. The van der Waals surface area contributed by atoms with Crippen LogP contribution in [0.2, 0.25) is 0 Å². The van der Waals surface area contributed by atoms with Gasteiger partial charge in [0.25, 0.3) is 5.69 Å². The summed E-state index contributed by atoms with van der Waals surface area (Å²) in [5.74, 6) is -0.580. The molecule has 0 amide bonds. The van der Waals surface area contributed by atoms with Crippen molar-refractivity contribution in [2.24, 2.45) is 0 Å². The minimum atomic E-state index is -0.569. The molecule has 0 atom stereocenters. The van der Waals surface area contributed by atoms with Gasteiger partial charge in [0.05, 0.1) is 24.7 Å². The maximum Gasteiger partial charge on any atom is 0.355 e. The van der Waals surface area contributed by atoms with Gasteiger partial charge in [0.1, 0.15) is 5.69 Å². The molecule has 0 aliphatic rings. The Bertz CT molecular complexity index is 886. The van der Waals surface area contributed by atoms with E-state index >= 15 is 0 Å². The number of benzene rings is 1. The number of aryl methyl sites for hydroxylation is 1. The molecule has 0 unspecified atom stereocenters. The number of ketones is 1. The third-order valence-corrected chi connectivity index (χ3v) is 3.91. The first-order chi connectivity index (χ1) is 12.8. The second kappa shape index (κ2) is 8.35. The van der Waals surface area contributed by atoms with E-state index in [0.717, 1.165) is 0 Å². The molecule has 9 nitrogen and oxygen atoms in total. The molecule has 2 rings (SSSR count). The Balaban J connectivity index is 2.23. The smallest absolute Gasteiger partial charge is 0.355 e. The van der Waals surface area contributed by atoms with E-state index in [9.17, 15) is 19.7 Å². The quantitative estimate of drug-likeness (QED) is 0.325. The van der Waals surface area contributed by atoms with E-state index in [1.807, 2.05) is 0 Å². The van der Waals surface area contributed by atoms with Gasteiger partial charge in [0.15, 0.2) is 18.1 Å². The standard InChI is InChI=1S/C18H20N2O7/c1-5-26-18(22)17-10(2)16(11(3)19-17)13(21)9-27-15-8-12(20(23)24)6-7-14(15)25-4/h6-8,19H,5,9H2,1-4H3. The van der Waals surface area contributed by atoms with Crippen molar-refractivity contribution in [3.63, 3.8) is 0 Å². The van der Waals surface area contributed by atoms with Crippen molar-refractivity contribution in [3.8, 4) is 11.5 Å². The second-order valence-corrected chi connectivity index (χ2v) is 5.65. The molecule has 1 heterocycles. The van der Waals surface area contributed by atoms with Gasteiger partial charge in [-0.1, -0.05) is 0 Å². The minimum absolute atomic E-state index is 0.0801. The Kier molecular flexibility index (Phi) is 6.17. The molecule has 0 spiro atoms. The van der Waals surface area contributed by atoms with Gasteiger partial charge in [0, 0.05) is 17.3 Å². The van der Waals surface area contributed by atoms with Gasteiger partial charge in [-0.25, -0.2) is 4.79 Å². The van der Waals surface area contributed by atoms with Gasteiger partial charge < -0.3 is 19.2 Å². The summed E-state index contributed by atoms with van der Waals surface area (Å²) in [7, 11) is 1.39. The Morgan fingerprint density at radius 2 is 1.93 bits per heavy atom. The van der Waals surface area contributed by atoms with Crippen molar-refractivity contribution in [1.29, 1.82) is 0 Å². The van der Waals surface area contributed by atoms with Crippen LogP contribution in [0.1, 0.15) is 39.0 Å². The maximum atomic E-state index is 12.6. The number of non-ortho nitro benzene ring substituents is 1. The predicted octanol–water partition coefficient (Wildman–Crippen LogP) is 2.99. The molecule has 144 valence electrons. The normalized spacial score (nSPS) is 10.4. The van der Waals surface area contributed by atoms with E-state index < -0.39 is 10.9 Å². The number of rotatable bonds is 8. The van der Waals surface area contributed by atoms with Crippen molar-refractivity contribution in [1.82, 2.24) is 4.98 Å². The fourth-order valence-electron chi connectivity index (χ4n) is 2.68. The van der Waals surface area contributed by atoms with Crippen LogP contribution in [-0.4, -0.2) is 42.0 Å². The lowest BCUT2D eigenvalue weighted by molar-refractivity contribution is -0.385. The van der Waals surface area contributed by atoms with E-state index in [0.29, 0.717) is 16.8 Å². The maximum absolute atomic E-state index is 12.6. The summed E-state index contributed by atoms with van der Waals surface area (Å²) in [6.45, 7) is 4.83. The van der Waals surface area contributed by atoms with Crippen LogP contribution >= 0.6 is 0 Å². The van der Waals surface area contributed by atoms with Crippen molar-refractivity contribution >= 4 is 17.4 Å². The highest BCUT2D eigenvalue weighted by Crippen LogP contribution is 2.31. The van der Waals surface area contributed by atoms with Gasteiger partial charge in [-0.3, -0.25) is 14.9 Å². The molecular formula is C18H20N2O7. The zero-order valence-corrected chi connectivity index (χ0v) is 15.5. The zero-order chi connectivity index (χ0) is 20.1. The van der Waals surface area contributed by atoms with Crippen LogP contribution < -0.4 is 9.47 Å². The molecule has 1 aromatic heterocycles. The fraction of sp³-hybridized carbons (Fsp3) is 0.333. The second-order valence-electron chi connectivity index (χ2n) is 5.65. The number of Topliss-reactive ketones (excluding diaryl/α,β-unsaturated/α-hetero) is 1. The number of carbonyl (C=O) groups is 2. The number of aromatic nitrogens is 1. The number of esters is 1. The lowest BCUT2D eigenvalue weighted by Crippen LogP contribution is -2.14. The molecule has 0 aliphatic heterocycles. The zero-order valence-electron chi connectivity index (χ0n) is 15.5. The highest BCUT2D eigenvalue weighted by Gasteiger charge is 2.23. The average Bonchev–Trinajstić information content (AvgIpc) is 2.94. The van der Waals surface area contributed by atoms with Crippen LogP contribution in [0.4, 0.5) is 5.69 Å². The topological polar surface area (TPSA) is 121 Å². The van der Waals surface area contributed by atoms with Gasteiger partial charge >= 0.3 is 5.97 Å². The van der Waals surface area contributed by atoms with Crippen LogP contribution in [0, 0.1) is 24.0 Å². The number of nitrogens with zero attached hydrogens (tertiary/aromatic N) is 1. The number of hydrogen-bond donors (Lipinski definition) is 1. The first-order valence-corrected chi connectivity index (χ1v) is 8.14. The number of nitro benzene ring substituents is 1. The average molecular weight is 376 g/mol. The van der Waals surface area contributed by atoms with E-state index in [-0.39, 0.29) is 41.9 Å². The third kappa shape index (κ3) is 4.25. The van der Waals surface area contributed by atoms with Crippen molar-refractivity contribution in [2.75, 3.05) is 20.3 Å². The lowest BCUT2D eigenvalue weighted by Gasteiger charge is -2.10. The molecule has 0 saturated carbocycles. The number of nitro groups is 1. The minimum Gasteiger partial charge on any atom is -0.493 e. The summed E-state index contributed by atoms with van der Waals surface area (Å²) in [5, 5.41) is 10.9. The molecule has 0 fully saturated rings.